The molecular formula is C12H7N3O3S. The van der Waals surface area contributed by atoms with E-state index in [0.717, 1.165) is 0 Å². The van der Waals surface area contributed by atoms with Crippen molar-refractivity contribution in [2.45, 2.75) is 0 Å². The van der Waals surface area contributed by atoms with Crippen molar-refractivity contribution in [3.8, 4) is 5.75 Å². The largest absolute Gasteiger partial charge is 0.505 e. The summed E-state index contributed by atoms with van der Waals surface area (Å²) < 4.78 is 5.06. The molecular weight excluding hydrogens is 266 g/mol. The normalized spacial score (nSPS) is 11.4. The molecule has 0 amide bonds. The Morgan fingerprint density at radius 1 is 1.26 bits per heavy atom. The summed E-state index contributed by atoms with van der Waals surface area (Å²) >= 11 is 1.27. The fourth-order valence-corrected chi connectivity index (χ4v) is 2.01. The van der Waals surface area contributed by atoms with Crippen LogP contribution < -0.4 is 5.63 Å². The van der Waals surface area contributed by atoms with E-state index in [-0.39, 0.29) is 11.4 Å². The van der Waals surface area contributed by atoms with Crippen LogP contribution in [-0.2, 0) is 0 Å². The maximum Gasteiger partial charge on any atom is 0.368 e. The number of hydrogen-bond donors (Lipinski definition) is 1. The van der Waals surface area contributed by atoms with Crippen molar-refractivity contribution < 1.29 is 9.52 Å². The molecule has 2 aromatic heterocycles. The number of para-hydroxylation sites is 1. The molecule has 0 aliphatic carbocycles. The van der Waals surface area contributed by atoms with Crippen LogP contribution >= 0.6 is 11.3 Å². The molecule has 19 heavy (non-hydrogen) atoms. The van der Waals surface area contributed by atoms with Crippen LogP contribution in [0.25, 0.3) is 11.0 Å². The number of rotatable bonds is 2. The molecule has 2 heterocycles. The number of nitrogens with zero attached hydrogens (tertiary/aromatic N) is 3. The highest BCUT2D eigenvalue weighted by Gasteiger charge is 2.13. The van der Waals surface area contributed by atoms with Crippen LogP contribution in [-0.4, -0.2) is 10.1 Å². The van der Waals surface area contributed by atoms with E-state index < -0.39 is 5.63 Å². The van der Waals surface area contributed by atoms with Crippen LogP contribution in [0, 0.1) is 0 Å². The van der Waals surface area contributed by atoms with E-state index in [2.05, 4.69) is 15.2 Å². The molecule has 0 atom stereocenters. The van der Waals surface area contributed by atoms with E-state index in [1.165, 1.54) is 17.5 Å². The van der Waals surface area contributed by atoms with Gasteiger partial charge in [-0.1, -0.05) is 12.1 Å². The molecule has 7 heteroatoms. The van der Waals surface area contributed by atoms with Gasteiger partial charge in [0.25, 0.3) is 0 Å². The van der Waals surface area contributed by atoms with Crippen molar-refractivity contribution in [3.63, 3.8) is 0 Å². The topological polar surface area (TPSA) is 88.0 Å². The summed E-state index contributed by atoms with van der Waals surface area (Å²) in [6.45, 7) is 0. The Hall–Kier alpha value is -2.54. The fourth-order valence-electron chi connectivity index (χ4n) is 1.57. The lowest BCUT2D eigenvalue weighted by Gasteiger charge is -2.00. The monoisotopic (exact) mass is 273 g/mol. The molecule has 3 rings (SSSR count). The van der Waals surface area contributed by atoms with Crippen molar-refractivity contribution in [3.05, 3.63) is 46.4 Å². The summed E-state index contributed by atoms with van der Waals surface area (Å²) in [6, 6.07) is 6.68. The van der Waals surface area contributed by atoms with Gasteiger partial charge in [0, 0.05) is 0 Å². The third-order valence-corrected chi connectivity index (χ3v) is 3.09. The first-order valence-corrected chi connectivity index (χ1v) is 6.19. The standard InChI is InChI=1S/C12H7N3O3S/c16-11-7-3-1-2-4-8(7)18-12(17)10(11)15-14-9-5-13-6-19-9/h1-6,16H. The number of aromatic nitrogens is 1. The van der Waals surface area contributed by atoms with Gasteiger partial charge in [0.1, 0.15) is 5.58 Å². The van der Waals surface area contributed by atoms with E-state index in [1.54, 1.807) is 29.8 Å². The average Bonchev–Trinajstić information content (AvgIpc) is 2.92. The number of azo groups is 1. The van der Waals surface area contributed by atoms with Gasteiger partial charge >= 0.3 is 5.63 Å². The highest BCUT2D eigenvalue weighted by atomic mass is 32.1. The van der Waals surface area contributed by atoms with Crippen molar-refractivity contribution >= 4 is 33.0 Å². The lowest BCUT2D eigenvalue weighted by molar-refractivity contribution is 0.469. The summed E-state index contributed by atoms with van der Waals surface area (Å²) in [5, 5.41) is 18.5. The minimum atomic E-state index is -0.732. The van der Waals surface area contributed by atoms with Crippen LogP contribution in [0.3, 0.4) is 0 Å². The van der Waals surface area contributed by atoms with Gasteiger partial charge < -0.3 is 9.52 Å². The first-order chi connectivity index (χ1) is 9.25. The maximum absolute atomic E-state index is 11.7. The molecule has 0 saturated heterocycles. The second kappa shape index (κ2) is 4.62. The summed E-state index contributed by atoms with van der Waals surface area (Å²) in [7, 11) is 0. The highest BCUT2D eigenvalue weighted by molar-refractivity contribution is 7.13. The number of aromatic hydroxyl groups is 1. The summed E-state index contributed by atoms with van der Waals surface area (Å²) in [6.07, 6.45) is 1.51. The van der Waals surface area contributed by atoms with Crippen molar-refractivity contribution in [2.75, 3.05) is 0 Å². The van der Waals surface area contributed by atoms with Crippen molar-refractivity contribution in [1.29, 1.82) is 0 Å². The van der Waals surface area contributed by atoms with Crippen LogP contribution in [0.4, 0.5) is 10.7 Å². The van der Waals surface area contributed by atoms with Gasteiger partial charge in [0.05, 0.1) is 17.1 Å². The average molecular weight is 273 g/mol. The number of hydrogen-bond acceptors (Lipinski definition) is 7. The van der Waals surface area contributed by atoms with Crippen molar-refractivity contribution in [1.82, 2.24) is 4.98 Å². The molecule has 0 aliphatic heterocycles. The SMILES string of the molecule is O=c1oc2ccccc2c(O)c1N=Nc1cncs1. The molecule has 3 aromatic rings. The number of fused-ring (bicyclic) bond motifs is 1. The van der Waals surface area contributed by atoms with Gasteiger partial charge in [-0.05, 0) is 12.1 Å². The summed E-state index contributed by atoms with van der Waals surface area (Å²) in [5.41, 5.74) is 0.954. The molecule has 0 saturated carbocycles. The van der Waals surface area contributed by atoms with Crippen LogP contribution in [0.1, 0.15) is 0 Å². The molecule has 0 aliphatic rings. The molecule has 0 radical (unpaired) electrons. The third kappa shape index (κ3) is 2.11. The Morgan fingerprint density at radius 3 is 2.89 bits per heavy atom. The van der Waals surface area contributed by atoms with Gasteiger partial charge in [0.2, 0.25) is 5.69 Å². The number of benzene rings is 1. The van der Waals surface area contributed by atoms with Gasteiger partial charge in [-0.15, -0.1) is 21.6 Å². The molecule has 6 nitrogen and oxygen atoms in total. The Balaban J connectivity index is 2.16. The van der Waals surface area contributed by atoms with Gasteiger partial charge in [-0.25, -0.2) is 4.79 Å². The smallest absolute Gasteiger partial charge is 0.368 e. The zero-order chi connectivity index (χ0) is 13.2. The number of thiazole rings is 1. The van der Waals surface area contributed by atoms with Crippen LogP contribution in [0.5, 0.6) is 5.75 Å². The molecule has 0 fully saturated rings. The molecule has 0 spiro atoms. The first kappa shape index (κ1) is 11.5. The van der Waals surface area contributed by atoms with Gasteiger partial charge in [-0.2, -0.15) is 0 Å². The molecule has 1 N–H and O–H groups in total. The molecule has 1 aromatic carbocycles. The van der Waals surface area contributed by atoms with E-state index in [0.29, 0.717) is 16.0 Å². The summed E-state index contributed by atoms with van der Waals surface area (Å²) in [4.78, 5) is 15.6. The zero-order valence-electron chi connectivity index (χ0n) is 9.48. The second-order valence-electron chi connectivity index (χ2n) is 3.62. The molecule has 94 valence electrons. The second-order valence-corrected chi connectivity index (χ2v) is 4.49. The zero-order valence-corrected chi connectivity index (χ0v) is 10.3. The Bertz CT molecular complexity index is 809. The maximum atomic E-state index is 11.7. The lowest BCUT2D eigenvalue weighted by atomic mass is 10.2. The van der Waals surface area contributed by atoms with Crippen LogP contribution in [0.2, 0.25) is 0 Å². The third-order valence-electron chi connectivity index (χ3n) is 2.43. The quantitative estimate of drug-likeness (QED) is 0.572. The predicted molar refractivity (Wildman–Crippen MR) is 70.4 cm³/mol. The van der Waals surface area contributed by atoms with Gasteiger partial charge in [0.15, 0.2) is 10.8 Å². The molecule has 0 unspecified atom stereocenters. The van der Waals surface area contributed by atoms with E-state index in [4.69, 9.17) is 4.42 Å². The Kier molecular flexibility index (Phi) is 2.81. The fraction of sp³-hybridized carbons (Fsp3) is 0. The minimum Gasteiger partial charge on any atom is -0.505 e. The van der Waals surface area contributed by atoms with Gasteiger partial charge in [-0.3, -0.25) is 4.98 Å². The Morgan fingerprint density at radius 2 is 2.11 bits per heavy atom. The van der Waals surface area contributed by atoms with E-state index in [1.807, 2.05) is 0 Å². The predicted octanol–water partition coefficient (Wildman–Crippen LogP) is 3.37. The molecule has 0 bridgehead atoms. The van der Waals surface area contributed by atoms with Crippen molar-refractivity contribution in [2.24, 2.45) is 10.2 Å². The van der Waals surface area contributed by atoms with Crippen LogP contribution in [0.15, 0.2) is 55.4 Å². The summed E-state index contributed by atoms with van der Waals surface area (Å²) in [5.74, 6) is -0.236. The van der Waals surface area contributed by atoms with E-state index >= 15 is 0 Å². The highest BCUT2D eigenvalue weighted by Crippen LogP contribution is 2.32. The lowest BCUT2D eigenvalue weighted by Crippen LogP contribution is -1.97. The minimum absolute atomic E-state index is 0.216. The van der Waals surface area contributed by atoms with E-state index in [9.17, 15) is 9.90 Å². The first-order valence-electron chi connectivity index (χ1n) is 5.31. The Labute approximate surface area is 110 Å².